The molecule has 0 fully saturated rings. The lowest BCUT2D eigenvalue weighted by Crippen LogP contribution is -2.14. The third-order valence-corrected chi connectivity index (χ3v) is 3.22. The largest absolute Gasteiger partial charge is 0.210 e. The van der Waals surface area contributed by atoms with Crippen molar-refractivity contribution in [2.75, 3.05) is 0 Å². The summed E-state index contributed by atoms with van der Waals surface area (Å²) < 4.78 is 0. The summed E-state index contributed by atoms with van der Waals surface area (Å²) in [6, 6.07) is 8.45. The van der Waals surface area contributed by atoms with E-state index in [2.05, 4.69) is 31.2 Å². The van der Waals surface area contributed by atoms with Gasteiger partial charge in [-0.05, 0) is 23.6 Å². The fourth-order valence-corrected chi connectivity index (χ4v) is 2.24. The Morgan fingerprint density at radius 3 is 2.75 bits per heavy atom. The Bertz CT molecular complexity index is 235. The van der Waals surface area contributed by atoms with Gasteiger partial charge < -0.3 is 0 Å². The molecule has 12 heavy (non-hydrogen) atoms. The minimum Gasteiger partial charge on any atom is -0.165 e. The first-order valence-electron chi connectivity index (χ1n) is 4.33. The van der Waals surface area contributed by atoms with Crippen LogP contribution in [0.1, 0.15) is 25.3 Å². The highest BCUT2D eigenvalue weighted by molar-refractivity contribution is 7.01. The van der Waals surface area contributed by atoms with Crippen molar-refractivity contribution in [1.29, 1.82) is 0 Å². The van der Waals surface area contributed by atoms with Gasteiger partial charge in [-0.25, -0.2) is 0 Å². The second-order valence-corrected chi connectivity index (χ2v) is 4.15. The summed E-state index contributed by atoms with van der Waals surface area (Å²) >= 11 is 5.84. The van der Waals surface area contributed by atoms with Crippen LogP contribution in [0.3, 0.4) is 0 Å². The molecule has 64 valence electrons. The van der Waals surface area contributed by atoms with Crippen molar-refractivity contribution >= 4 is 25.1 Å². The molecule has 0 aromatic heterocycles. The van der Waals surface area contributed by atoms with E-state index in [4.69, 9.17) is 11.1 Å². The molecule has 0 heterocycles. The van der Waals surface area contributed by atoms with Gasteiger partial charge >= 0.3 is 0 Å². The molecule has 0 spiro atoms. The highest BCUT2D eigenvalue weighted by Gasteiger charge is 1.99. The van der Waals surface area contributed by atoms with Crippen LogP contribution in [0.25, 0.3) is 0 Å². The monoisotopic (exact) mass is 196 g/mol. The maximum absolute atomic E-state index is 5.84. The predicted molar refractivity (Wildman–Crippen MR) is 56.3 cm³/mol. The Hall–Kier alpha value is -0.273. The van der Waals surface area contributed by atoms with Crippen molar-refractivity contribution in [1.82, 2.24) is 0 Å². The standard InChI is InChI=1S/C10H13ClSi/c1-2-3-6-9-7-4-5-8-10(9)12-11/h4-5,7-8H,2-3,6H2,1H3. The van der Waals surface area contributed by atoms with Gasteiger partial charge in [0, 0.05) is 0 Å². The average Bonchev–Trinajstić information content (AvgIpc) is 2.15. The van der Waals surface area contributed by atoms with Crippen LogP contribution in [0.5, 0.6) is 0 Å². The molecule has 2 radical (unpaired) electrons. The third-order valence-electron chi connectivity index (χ3n) is 1.92. The van der Waals surface area contributed by atoms with Gasteiger partial charge in [-0.3, -0.25) is 0 Å². The minimum atomic E-state index is 0.412. The Morgan fingerprint density at radius 1 is 1.33 bits per heavy atom. The summed E-state index contributed by atoms with van der Waals surface area (Å²) in [5.41, 5.74) is 1.42. The van der Waals surface area contributed by atoms with Crippen LogP contribution in [0, 0.1) is 0 Å². The zero-order valence-electron chi connectivity index (χ0n) is 7.31. The average molecular weight is 197 g/mol. The molecule has 0 amide bonds. The van der Waals surface area contributed by atoms with Gasteiger partial charge in [0.25, 0.3) is 0 Å². The Morgan fingerprint density at radius 2 is 2.08 bits per heavy atom. The number of hydrogen-bond donors (Lipinski definition) is 0. The topological polar surface area (TPSA) is 0 Å². The van der Waals surface area contributed by atoms with Crippen LogP contribution >= 0.6 is 11.1 Å². The number of hydrogen-bond acceptors (Lipinski definition) is 0. The molecule has 0 bridgehead atoms. The van der Waals surface area contributed by atoms with Crippen molar-refractivity contribution in [3.05, 3.63) is 29.8 Å². The first-order chi connectivity index (χ1) is 5.88. The molecular formula is C10H13ClSi. The van der Waals surface area contributed by atoms with E-state index >= 15 is 0 Å². The Balaban J connectivity index is 2.68. The van der Waals surface area contributed by atoms with Gasteiger partial charge in [-0.2, -0.15) is 11.1 Å². The van der Waals surface area contributed by atoms with E-state index in [1.54, 1.807) is 0 Å². The maximum Gasteiger partial charge on any atom is 0.210 e. The summed E-state index contributed by atoms with van der Waals surface area (Å²) in [4.78, 5) is 0. The number of halogens is 1. The fourth-order valence-electron chi connectivity index (χ4n) is 1.20. The molecule has 0 nitrogen and oxygen atoms in total. The molecule has 1 aromatic rings. The molecule has 2 heteroatoms. The highest BCUT2D eigenvalue weighted by atomic mass is 35.6. The summed E-state index contributed by atoms with van der Waals surface area (Å²) in [6.07, 6.45) is 3.69. The first-order valence-corrected chi connectivity index (χ1v) is 6.34. The van der Waals surface area contributed by atoms with Crippen LogP contribution in [0.4, 0.5) is 0 Å². The van der Waals surface area contributed by atoms with Crippen molar-refractivity contribution in [3.63, 3.8) is 0 Å². The van der Waals surface area contributed by atoms with Crippen molar-refractivity contribution < 1.29 is 0 Å². The number of unbranched alkanes of at least 4 members (excludes halogenated alkanes) is 1. The van der Waals surface area contributed by atoms with Gasteiger partial charge in [-0.15, -0.1) is 0 Å². The molecule has 0 aliphatic carbocycles. The molecule has 0 unspecified atom stereocenters. The van der Waals surface area contributed by atoms with E-state index in [0.29, 0.717) is 8.83 Å². The van der Waals surface area contributed by atoms with E-state index < -0.39 is 0 Å². The second-order valence-electron chi connectivity index (χ2n) is 2.86. The molecule has 0 N–H and O–H groups in total. The van der Waals surface area contributed by atoms with Crippen LogP contribution < -0.4 is 5.19 Å². The van der Waals surface area contributed by atoms with Gasteiger partial charge in [-0.1, -0.05) is 37.6 Å². The lowest BCUT2D eigenvalue weighted by atomic mass is 10.1. The quantitative estimate of drug-likeness (QED) is 0.513. The van der Waals surface area contributed by atoms with E-state index in [9.17, 15) is 0 Å². The van der Waals surface area contributed by atoms with E-state index in [1.165, 1.54) is 30.0 Å². The predicted octanol–water partition coefficient (Wildman–Crippen LogP) is 2.51. The van der Waals surface area contributed by atoms with Crippen LogP contribution in [-0.4, -0.2) is 8.83 Å². The Labute approximate surface area is 81.5 Å². The minimum absolute atomic E-state index is 0.412. The van der Waals surface area contributed by atoms with Crippen molar-refractivity contribution in [2.45, 2.75) is 26.2 Å². The molecule has 0 saturated carbocycles. The van der Waals surface area contributed by atoms with Crippen LogP contribution in [0.15, 0.2) is 24.3 Å². The SMILES string of the molecule is CCCCc1ccccc1[Si]Cl. The summed E-state index contributed by atoms with van der Waals surface area (Å²) in [6.45, 7) is 2.21. The second kappa shape index (κ2) is 5.39. The van der Waals surface area contributed by atoms with Gasteiger partial charge in [0.1, 0.15) is 0 Å². The van der Waals surface area contributed by atoms with Crippen LogP contribution in [0.2, 0.25) is 0 Å². The molecule has 1 rings (SSSR count). The Kier molecular flexibility index (Phi) is 4.40. The molecule has 0 aliphatic heterocycles. The molecule has 1 aromatic carbocycles. The fraction of sp³-hybridized carbons (Fsp3) is 0.400. The zero-order chi connectivity index (χ0) is 8.81. The number of aryl methyl sites for hydroxylation is 1. The van der Waals surface area contributed by atoms with Gasteiger partial charge in [0.2, 0.25) is 8.83 Å². The number of benzene rings is 1. The number of rotatable bonds is 4. The molecule has 0 atom stereocenters. The van der Waals surface area contributed by atoms with Gasteiger partial charge in [0.15, 0.2) is 0 Å². The summed E-state index contributed by atoms with van der Waals surface area (Å²) in [5, 5.41) is 1.31. The van der Waals surface area contributed by atoms with E-state index in [0.717, 1.165) is 0 Å². The normalized spacial score (nSPS) is 10.2. The van der Waals surface area contributed by atoms with Crippen LogP contribution in [-0.2, 0) is 6.42 Å². The molecule has 0 saturated heterocycles. The first kappa shape index (κ1) is 9.81. The third kappa shape index (κ3) is 2.65. The lowest BCUT2D eigenvalue weighted by Gasteiger charge is -2.04. The summed E-state index contributed by atoms with van der Waals surface area (Å²) in [5.74, 6) is 0. The highest BCUT2D eigenvalue weighted by Crippen LogP contribution is 2.02. The van der Waals surface area contributed by atoms with Crippen molar-refractivity contribution in [2.24, 2.45) is 0 Å². The molecule has 0 aliphatic rings. The molecular weight excluding hydrogens is 184 g/mol. The smallest absolute Gasteiger partial charge is 0.165 e. The summed E-state index contributed by atoms with van der Waals surface area (Å²) in [7, 11) is 0.412. The van der Waals surface area contributed by atoms with E-state index in [1.807, 2.05) is 0 Å². The maximum atomic E-state index is 5.84. The lowest BCUT2D eigenvalue weighted by molar-refractivity contribution is 0.798. The van der Waals surface area contributed by atoms with E-state index in [-0.39, 0.29) is 0 Å². The van der Waals surface area contributed by atoms with Crippen molar-refractivity contribution in [3.8, 4) is 0 Å². The van der Waals surface area contributed by atoms with Gasteiger partial charge in [0.05, 0.1) is 0 Å². The zero-order valence-corrected chi connectivity index (χ0v) is 9.06.